The standard InChI is InChI=1S/C24H24N4O3S/c1-27-21-8-14(2-3-15(21)9-22(27)30)17-7-20(32-12-17)10-18(11-25)26-24(31)23-16-4-5-19(6-16)28(23)13-29/h2-3,7-8,12-13,16,18-19,23H,4-6,9-10H2,1H3,(H,26,31). The smallest absolute Gasteiger partial charge is 0.244 e. The van der Waals surface area contributed by atoms with Crippen LogP contribution in [0.25, 0.3) is 11.1 Å². The highest BCUT2D eigenvalue weighted by Crippen LogP contribution is 2.41. The summed E-state index contributed by atoms with van der Waals surface area (Å²) >= 11 is 1.55. The third-order valence-corrected chi connectivity index (χ3v) is 8.01. The van der Waals surface area contributed by atoms with Gasteiger partial charge in [0.2, 0.25) is 18.2 Å². The van der Waals surface area contributed by atoms with Crippen molar-refractivity contribution in [2.24, 2.45) is 5.92 Å². The predicted molar refractivity (Wildman–Crippen MR) is 121 cm³/mol. The number of nitrogens with one attached hydrogen (secondary N) is 1. The average Bonchev–Trinajstić information content (AvgIpc) is 3.57. The molecule has 5 rings (SSSR count). The molecule has 2 aliphatic heterocycles. The molecule has 8 heteroatoms. The fourth-order valence-electron chi connectivity index (χ4n) is 5.37. The van der Waals surface area contributed by atoms with E-state index in [0.29, 0.717) is 12.8 Å². The molecular weight excluding hydrogens is 424 g/mol. The van der Waals surface area contributed by atoms with E-state index in [1.807, 2.05) is 29.6 Å². The lowest BCUT2D eigenvalue weighted by Crippen LogP contribution is -2.52. The maximum absolute atomic E-state index is 12.9. The number of rotatable bonds is 6. The van der Waals surface area contributed by atoms with Crippen molar-refractivity contribution >= 4 is 35.2 Å². The van der Waals surface area contributed by atoms with Gasteiger partial charge in [0.1, 0.15) is 12.1 Å². The first kappa shape index (κ1) is 20.7. The molecule has 3 heterocycles. The second-order valence-corrected chi connectivity index (χ2v) is 9.89. The minimum Gasteiger partial charge on any atom is -0.338 e. The van der Waals surface area contributed by atoms with E-state index in [2.05, 4.69) is 11.4 Å². The van der Waals surface area contributed by atoms with E-state index in [-0.39, 0.29) is 23.8 Å². The number of likely N-dealkylation sites (tertiary alicyclic amines) is 1. The number of benzene rings is 1. The number of piperidine rings is 1. The largest absolute Gasteiger partial charge is 0.338 e. The minimum atomic E-state index is -0.648. The number of nitriles is 1. The highest BCUT2D eigenvalue weighted by molar-refractivity contribution is 7.10. The average molecular weight is 449 g/mol. The molecule has 1 aliphatic carbocycles. The van der Waals surface area contributed by atoms with E-state index in [9.17, 15) is 19.6 Å². The molecule has 0 radical (unpaired) electrons. The summed E-state index contributed by atoms with van der Waals surface area (Å²) in [5.41, 5.74) is 4.03. The highest BCUT2D eigenvalue weighted by atomic mass is 32.1. The maximum atomic E-state index is 12.9. The maximum Gasteiger partial charge on any atom is 0.244 e. The molecule has 2 aromatic rings. The number of hydrogen-bond acceptors (Lipinski definition) is 5. The Morgan fingerprint density at radius 3 is 2.97 bits per heavy atom. The van der Waals surface area contributed by atoms with Crippen LogP contribution in [-0.4, -0.2) is 48.3 Å². The summed E-state index contributed by atoms with van der Waals surface area (Å²) in [6.45, 7) is 0. The van der Waals surface area contributed by atoms with Gasteiger partial charge >= 0.3 is 0 Å². The van der Waals surface area contributed by atoms with Crippen LogP contribution in [0.5, 0.6) is 0 Å². The van der Waals surface area contributed by atoms with Gasteiger partial charge in [0.05, 0.1) is 12.5 Å². The van der Waals surface area contributed by atoms with Gasteiger partial charge in [0.15, 0.2) is 0 Å². The SMILES string of the molecule is CN1C(=O)Cc2ccc(-c3csc(CC(C#N)NC(=O)C4C5CCC(C5)N4C=O)c3)cc21. The second-order valence-electron chi connectivity index (χ2n) is 8.89. The first-order valence-corrected chi connectivity index (χ1v) is 11.8. The zero-order valence-electron chi connectivity index (χ0n) is 17.8. The Hall–Kier alpha value is -3.18. The Morgan fingerprint density at radius 2 is 2.19 bits per heavy atom. The molecule has 3 aliphatic rings. The first-order chi connectivity index (χ1) is 15.5. The number of likely N-dealkylation sites (N-methyl/N-ethyl adjacent to an activating group) is 1. The summed E-state index contributed by atoms with van der Waals surface area (Å²) in [6.07, 6.45) is 4.43. The lowest BCUT2D eigenvalue weighted by atomic mass is 9.97. The Balaban J connectivity index is 1.27. The third kappa shape index (κ3) is 3.47. The van der Waals surface area contributed by atoms with Crippen molar-refractivity contribution in [2.45, 2.75) is 50.2 Å². The number of amides is 3. The normalized spacial score (nSPS) is 24.4. The van der Waals surface area contributed by atoms with Gasteiger partial charge in [-0.2, -0.15) is 5.26 Å². The molecule has 4 atom stereocenters. The van der Waals surface area contributed by atoms with E-state index >= 15 is 0 Å². The van der Waals surface area contributed by atoms with Crippen LogP contribution in [0.4, 0.5) is 5.69 Å². The first-order valence-electron chi connectivity index (χ1n) is 10.9. The van der Waals surface area contributed by atoms with Crippen LogP contribution in [0.1, 0.15) is 29.7 Å². The van der Waals surface area contributed by atoms with Gasteiger partial charge in [0.25, 0.3) is 0 Å². The summed E-state index contributed by atoms with van der Waals surface area (Å²) in [6, 6.07) is 9.34. The molecule has 7 nitrogen and oxygen atoms in total. The Labute approximate surface area is 190 Å². The van der Waals surface area contributed by atoms with Gasteiger partial charge in [-0.25, -0.2) is 0 Å². The fourth-order valence-corrected chi connectivity index (χ4v) is 6.31. The molecule has 0 spiro atoms. The number of anilines is 1. The van der Waals surface area contributed by atoms with Crippen LogP contribution in [0.2, 0.25) is 0 Å². The number of carbonyl (C=O) groups is 3. The number of nitrogens with zero attached hydrogens (tertiary/aromatic N) is 3. The van der Waals surface area contributed by atoms with Gasteiger partial charge in [0, 0.05) is 30.1 Å². The summed E-state index contributed by atoms with van der Waals surface area (Å²) in [5.74, 6) is 0.0704. The van der Waals surface area contributed by atoms with Gasteiger partial charge in [-0.15, -0.1) is 11.3 Å². The van der Waals surface area contributed by atoms with Crippen LogP contribution < -0.4 is 10.2 Å². The molecule has 3 amide bonds. The Morgan fingerprint density at radius 1 is 1.34 bits per heavy atom. The predicted octanol–water partition coefficient (Wildman–Crippen LogP) is 2.49. The van der Waals surface area contributed by atoms with E-state index in [1.165, 1.54) is 0 Å². The quantitative estimate of drug-likeness (QED) is 0.687. The molecular formula is C24H24N4O3S. The van der Waals surface area contributed by atoms with Crippen molar-refractivity contribution in [3.63, 3.8) is 0 Å². The van der Waals surface area contributed by atoms with Crippen LogP contribution in [0.15, 0.2) is 29.6 Å². The minimum absolute atomic E-state index is 0.0967. The summed E-state index contributed by atoms with van der Waals surface area (Å²) in [7, 11) is 1.79. The molecule has 2 bridgehead atoms. The number of carbonyl (C=O) groups excluding carboxylic acids is 3. The van der Waals surface area contributed by atoms with Crippen molar-refractivity contribution in [1.82, 2.24) is 10.2 Å². The lowest BCUT2D eigenvalue weighted by molar-refractivity contribution is -0.135. The van der Waals surface area contributed by atoms with Crippen LogP contribution in [-0.2, 0) is 27.2 Å². The number of thiophene rings is 1. The molecule has 164 valence electrons. The molecule has 1 N–H and O–H groups in total. The van der Waals surface area contributed by atoms with Crippen molar-refractivity contribution < 1.29 is 14.4 Å². The van der Waals surface area contributed by atoms with Crippen molar-refractivity contribution in [3.05, 3.63) is 40.1 Å². The number of hydrogen-bond donors (Lipinski definition) is 1. The van der Waals surface area contributed by atoms with E-state index in [0.717, 1.165) is 52.9 Å². The molecule has 2 fully saturated rings. The van der Waals surface area contributed by atoms with Crippen LogP contribution >= 0.6 is 11.3 Å². The van der Waals surface area contributed by atoms with Crippen molar-refractivity contribution in [1.29, 1.82) is 5.26 Å². The Bertz CT molecular complexity index is 1140. The zero-order chi connectivity index (χ0) is 22.4. The summed E-state index contributed by atoms with van der Waals surface area (Å²) < 4.78 is 0. The molecule has 4 unspecified atom stereocenters. The van der Waals surface area contributed by atoms with Crippen LogP contribution in [0.3, 0.4) is 0 Å². The highest BCUT2D eigenvalue weighted by Gasteiger charge is 2.48. The number of fused-ring (bicyclic) bond motifs is 3. The van der Waals surface area contributed by atoms with E-state index in [1.54, 1.807) is 28.2 Å². The van der Waals surface area contributed by atoms with E-state index < -0.39 is 12.1 Å². The molecule has 1 aromatic heterocycles. The van der Waals surface area contributed by atoms with Crippen molar-refractivity contribution in [3.8, 4) is 17.2 Å². The topological polar surface area (TPSA) is 93.5 Å². The molecule has 32 heavy (non-hydrogen) atoms. The summed E-state index contributed by atoms with van der Waals surface area (Å²) in [5, 5.41) is 14.5. The lowest BCUT2D eigenvalue weighted by Gasteiger charge is -2.31. The van der Waals surface area contributed by atoms with E-state index in [4.69, 9.17) is 0 Å². The van der Waals surface area contributed by atoms with Crippen molar-refractivity contribution in [2.75, 3.05) is 11.9 Å². The third-order valence-electron chi connectivity index (χ3n) is 7.05. The summed E-state index contributed by atoms with van der Waals surface area (Å²) in [4.78, 5) is 40.6. The van der Waals surface area contributed by atoms with Gasteiger partial charge in [-0.1, -0.05) is 12.1 Å². The van der Waals surface area contributed by atoms with Gasteiger partial charge < -0.3 is 15.1 Å². The van der Waals surface area contributed by atoms with Gasteiger partial charge in [-0.3, -0.25) is 14.4 Å². The molecule has 1 saturated carbocycles. The molecule has 1 aromatic carbocycles. The zero-order valence-corrected chi connectivity index (χ0v) is 18.6. The second kappa shape index (κ2) is 8.06. The molecule has 1 saturated heterocycles. The fraction of sp³-hybridized carbons (Fsp3) is 0.417. The Kier molecular flexibility index (Phi) is 5.22. The van der Waals surface area contributed by atoms with Gasteiger partial charge in [-0.05, 0) is 59.4 Å². The monoisotopic (exact) mass is 448 g/mol. The van der Waals surface area contributed by atoms with Crippen LogP contribution in [0, 0.1) is 17.2 Å².